The van der Waals surface area contributed by atoms with Crippen LogP contribution < -0.4 is 5.32 Å². The van der Waals surface area contributed by atoms with E-state index in [1.807, 2.05) is 11.3 Å². The number of aliphatic hydroxyl groups excluding tert-OH is 1. The highest BCUT2D eigenvalue weighted by atomic mass is 32.1. The largest absolute Gasteiger partial charge is 0.391 e. The second kappa shape index (κ2) is 5.95. The molecule has 3 aliphatic rings. The summed E-state index contributed by atoms with van der Waals surface area (Å²) in [6.07, 6.45) is 11.4. The van der Waals surface area contributed by atoms with Gasteiger partial charge in [0.1, 0.15) is 16.5 Å². The molecule has 0 radical (unpaired) electrons. The Morgan fingerprint density at radius 1 is 0.958 bits per heavy atom. The fourth-order valence-corrected chi connectivity index (χ4v) is 5.53. The van der Waals surface area contributed by atoms with Gasteiger partial charge in [-0.2, -0.15) is 0 Å². The fraction of sp³-hybridized carbons (Fsp3) is 0.684. The van der Waals surface area contributed by atoms with E-state index in [0.29, 0.717) is 5.92 Å². The number of nitrogens with one attached hydrogen (secondary N) is 1. The lowest BCUT2D eigenvalue weighted by atomic mass is 9.92. The van der Waals surface area contributed by atoms with Gasteiger partial charge in [-0.25, -0.2) is 9.97 Å². The van der Waals surface area contributed by atoms with Gasteiger partial charge in [-0.05, 0) is 56.9 Å². The molecule has 24 heavy (non-hydrogen) atoms. The zero-order valence-electron chi connectivity index (χ0n) is 14.1. The van der Waals surface area contributed by atoms with Crippen LogP contribution in [0, 0.1) is 0 Å². The van der Waals surface area contributed by atoms with E-state index in [-0.39, 0.29) is 12.1 Å². The zero-order valence-corrected chi connectivity index (χ0v) is 14.9. The van der Waals surface area contributed by atoms with Crippen LogP contribution in [0.2, 0.25) is 0 Å². The van der Waals surface area contributed by atoms with Crippen LogP contribution in [0.5, 0.6) is 0 Å². The number of aliphatic hydroxyl groups is 1. The van der Waals surface area contributed by atoms with Crippen molar-refractivity contribution in [3.8, 4) is 0 Å². The second-order valence-electron chi connectivity index (χ2n) is 7.70. The molecular formula is C19H25N3OS. The maximum absolute atomic E-state index is 10.4. The number of thiophene rings is 1. The number of aryl methyl sites for hydroxylation is 2. The van der Waals surface area contributed by atoms with E-state index in [1.165, 1.54) is 59.2 Å². The molecule has 0 bridgehead atoms. The topological polar surface area (TPSA) is 58.0 Å². The van der Waals surface area contributed by atoms with Crippen molar-refractivity contribution in [1.82, 2.24) is 9.97 Å². The maximum atomic E-state index is 10.4. The summed E-state index contributed by atoms with van der Waals surface area (Å²) in [5.41, 5.74) is 1.48. The minimum Gasteiger partial charge on any atom is -0.391 e. The van der Waals surface area contributed by atoms with Gasteiger partial charge in [0.15, 0.2) is 0 Å². The molecule has 2 N–H and O–H groups in total. The number of nitrogens with zero attached hydrogens (tertiary/aromatic N) is 2. The molecule has 128 valence electrons. The number of anilines is 1. The lowest BCUT2D eigenvalue weighted by molar-refractivity contribution is 0.116. The number of hydrogen-bond donors (Lipinski definition) is 2. The highest BCUT2D eigenvalue weighted by molar-refractivity contribution is 7.19. The van der Waals surface area contributed by atoms with E-state index in [1.54, 1.807) is 0 Å². The van der Waals surface area contributed by atoms with Crippen molar-refractivity contribution < 1.29 is 5.11 Å². The van der Waals surface area contributed by atoms with E-state index in [0.717, 1.165) is 37.3 Å². The average Bonchev–Trinajstić information content (AvgIpc) is 3.37. The van der Waals surface area contributed by atoms with Gasteiger partial charge in [0.25, 0.3) is 0 Å². The normalized spacial score (nSPS) is 27.2. The van der Waals surface area contributed by atoms with E-state index in [4.69, 9.17) is 9.97 Å². The SMILES string of the molecule is OC1CCCCC1Nc1nc(C2CC2)nc2sc3c(c12)CCCC3. The molecule has 4 nitrogen and oxygen atoms in total. The highest BCUT2D eigenvalue weighted by Crippen LogP contribution is 2.43. The summed E-state index contributed by atoms with van der Waals surface area (Å²) in [5, 5.41) is 15.3. The molecule has 2 fully saturated rings. The number of fused-ring (bicyclic) bond motifs is 3. The molecular weight excluding hydrogens is 318 g/mol. The molecule has 5 rings (SSSR count). The van der Waals surface area contributed by atoms with Gasteiger partial charge in [0.05, 0.1) is 17.5 Å². The van der Waals surface area contributed by atoms with Crippen molar-refractivity contribution in [2.45, 2.75) is 82.3 Å². The number of rotatable bonds is 3. The van der Waals surface area contributed by atoms with Crippen molar-refractivity contribution in [1.29, 1.82) is 0 Å². The second-order valence-corrected chi connectivity index (χ2v) is 8.78. The van der Waals surface area contributed by atoms with Crippen molar-refractivity contribution >= 4 is 27.4 Å². The predicted octanol–water partition coefficient (Wildman–Crippen LogP) is 4.16. The first-order valence-electron chi connectivity index (χ1n) is 9.56. The Bertz CT molecular complexity index is 768. The first kappa shape index (κ1) is 15.1. The van der Waals surface area contributed by atoms with Gasteiger partial charge < -0.3 is 10.4 Å². The zero-order chi connectivity index (χ0) is 16.1. The molecule has 0 aliphatic heterocycles. The van der Waals surface area contributed by atoms with Crippen LogP contribution in [0.1, 0.15) is 73.5 Å². The molecule has 2 heterocycles. The van der Waals surface area contributed by atoms with Crippen LogP contribution >= 0.6 is 11.3 Å². The quantitative estimate of drug-likeness (QED) is 0.878. The van der Waals surface area contributed by atoms with Crippen LogP contribution in [0.4, 0.5) is 5.82 Å². The van der Waals surface area contributed by atoms with Crippen molar-refractivity contribution in [2.24, 2.45) is 0 Å². The Hall–Kier alpha value is -1.20. The van der Waals surface area contributed by atoms with Gasteiger partial charge in [0, 0.05) is 10.8 Å². The molecule has 5 heteroatoms. The summed E-state index contributed by atoms with van der Waals surface area (Å²) in [6, 6.07) is 0.142. The van der Waals surface area contributed by atoms with Crippen LogP contribution in [0.25, 0.3) is 10.2 Å². The molecule has 0 amide bonds. The Morgan fingerprint density at radius 3 is 2.62 bits per heavy atom. The third-order valence-electron chi connectivity index (χ3n) is 5.83. The maximum Gasteiger partial charge on any atom is 0.139 e. The van der Waals surface area contributed by atoms with Crippen molar-refractivity contribution in [3.63, 3.8) is 0 Å². The molecule has 2 unspecified atom stereocenters. The number of hydrogen-bond acceptors (Lipinski definition) is 5. The Balaban J connectivity index is 1.60. The fourth-order valence-electron chi connectivity index (χ4n) is 4.26. The predicted molar refractivity (Wildman–Crippen MR) is 97.9 cm³/mol. The summed E-state index contributed by atoms with van der Waals surface area (Å²) in [7, 11) is 0. The molecule has 2 aromatic heterocycles. The summed E-state index contributed by atoms with van der Waals surface area (Å²) in [5.74, 6) is 2.59. The van der Waals surface area contributed by atoms with E-state index in [2.05, 4.69) is 5.32 Å². The van der Waals surface area contributed by atoms with Crippen molar-refractivity contribution in [2.75, 3.05) is 5.32 Å². The van der Waals surface area contributed by atoms with Gasteiger partial charge >= 0.3 is 0 Å². The van der Waals surface area contributed by atoms with Crippen LogP contribution in [-0.4, -0.2) is 27.2 Å². The van der Waals surface area contributed by atoms with Crippen LogP contribution in [0.3, 0.4) is 0 Å². The minimum absolute atomic E-state index is 0.142. The molecule has 0 aromatic carbocycles. The van der Waals surface area contributed by atoms with Gasteiger partial charge in [-0.15, -0.1) is 11.3 Å². The van der Waals surface area contributed by atoms with E-state index in [9.17, 15) is 5.11 Å². The molecule has 2 atom stereocenters. The van der Waals surface area contributed by atoms with E-state index < -0.39 is 0 Å². The molecule has 2 aromatic rings. The Labute approximate surface area is 146 Å². The van der Waals surface area contributed by atoms with E-state index >= 15 is 0 Å². The standard InChI is InChI=1S/C19H25N3OS/c23-14-7-3-2-6-13(14)20-18-16-12-5-1-4-8-15(12)24-19(16)22-17(21-18)11-9-10-11/h11,13-14,23H,1-10H2,(H,20,21,22). The average molecular weight is 343 g/mol. The summed E-state index contributed by atoms with van der Waals surface area (Å²) in [6.45, 7) is 0. The van der Waals surface area contributed by atoms with Gasteiger partial charge in [0.2, 0.25) is 0 Å². The molecule has 2 saturated carbocycles. The van der Waals surface area contributed by atoms with Crippen LogP contribution in [0.15, 0.2) is 0 Å². The third-order valence-corrected chi connectivity index (χ3v) is 7.01. The van der Waals surface area contributed by atoms with Crippen LogP contribution in [-0.2, 0) is 12.8 Å². The Kier molecular flexibility index (Phi) is 3.74. The lowest BCUT2D eigenvalue weighted by Crippen LogP contribution is -2.36. The first-order valence-corrected chi connectivity index (χ1v) is 10.4. The van der Waals surface area contributed by atoms with Gasteiger partial charge in [-0.1, -0.05) is 12.8 Å². The third kappa shape index (κ3) is 2.62. The summed E-state index contributed by atoms with van der Waals surface area (Å²) >= 11 is 1.88. The van der Waals surface area contributed by atoms with Crippen molar-refractivity contribution in [3.05, 3.63) is 16.3 Å². The molecule has 3 aliphatic carbocycles. The summed E-state index contributed by atoms with van der Waals surface area (Å²) < 4.78 is 0. The summed E-state index contributed by atoms with van der Waals surface area (Å²) in [4.78, 5) is 12.6. The highest BCUT2D eigenvalue weighted by Gasteiger charge is 2.31. The minimum atomic E-state index is -0.248. The first-order chi connectivity index (χ1) is 11.8. The number of aromatic nitrogens is 2. The van der Waals surface area contributed by atoms with Gasteiger partial charge in [-0.3, -0.25) is 0 Å². The molecule has 0 saturated heterocycles. The monoisotopic (exact) mass is 343 g/mol. The molecule has 0 spiro atoms. The smallest absolute Gasteiger partial charge is 0.139 e. The lowest BCUT2D eigenvalue weighted by Gasteiger charge is -2.29. The Morgan fingerprint density at radius 2 is 1.79 bits per heavy atom.